The lowest BCUT2D eigenvalue weighted by molar-refractivity contribution is -0.159. The van der Waals surface area contributed by atoms with Crippen LogP contribution in [0.15, 0.2) is 12.2 Å². The number of carbonyl (C=O) groups excluding carboxylic acids is 2. The molecule has 0 radical (unpaired) electrons. The lowest BCUT2D eigenvalue weighted by Gasteiger charge is -2.20. The molecule has 17 heavy (non-hydrogen) atoms. The molecule has 0 aromatic heterocycles. The first-order valence-corrected chi connectivity index (χ1v) is 4.46. The molecule has 0 aromatic carbocycles. The van der Waals surface area contributed by atoms with Crippen LogP contribution in [0.1, 0.15) is 0 Å². The summed E-state index contributed by atoms with van der Waals surface area (Å²) in [6.45, 7) is -0.825. The molecule has 0 saturated carbocycles. The van der Waals surface area contributed by atoms with Crippen molar-refractivity contribution in [2.45, 2.75) is 18.3 Å². The van der Waals surface area contributed by atoms with Gasteiger partial charge in [0.25, 0.3) is 0 Å². The Morgan fingerprint density at radius 3 is 2.24 bits per heavy atom. The first-order valence-electron chi connectivity index (χ1n) is 4.46. The number of carboxylic acid groups (broad SMARTS) is 1. The number of aliphatic carboxylic acids is 1. The summed E-state index contributed by atoms with van der Waals surface area (Å²) in [7, 11) is 0. The van der Waals surface area contributed by atoms with Gasteiger partial charge in [0.15, 0.2) is 12.4 Å². The summed E-state index contributed by atoms with van der Waals surface area (Å²) in [4.78, 5) is 31.5. The van der Waals surface area contributed by atoms with Gasteiger partial charge in [-0.25, -0.2) is 9.59 Å². The van der Waals surface area contributed by atoms with E-state index in [0.717, 1.165) is 0 Å². The molecule has 0 aliphatic rings. The molecular weight excluding hydrogens is 236 g/mol. The van der Waals surface area contributed by atoms with Gasteiger partial charge in [-0.3, -0.25) is 4.79 Å². The Labute approximate surface area is 95.7 Å². The Morgan fingerprint density at radius 2 is 1.82 bits per heavy atom. The highest BCUT2D eigenvalue weighted by molar-refractivity contribution is 5.91. The van der Waals surface area contributed by atoms with Gasteiger partial charge in [-0.15, -0.1) is 0 Å². The number of aldehydes is 1. The van der Waals surface area contributed by atoms with Crippen LogP contribution in [0.4, 0.5) is 0 Å². The van der Waals surface area contributed by atoms with Gasteiger partial charge in [-0.1, -0.05) is 0 Å². The third-order valence-electron chi connectivity index (χ3n) is 1.67. The van der Waals surface area contributed by atoms with Gasteiger partial charge < -0.3 is 25.2 Å². The summed E-state index contributed by atoms with van der Waals surface area (Å²) < 4.78 is 4.36. The fourth-order valence-electron chi connectivity index (χ4n) is 0.818. The lowest BCUT2D eigenvalue weighted by Crippen LogP contribution is -2.42. The third kappa shape index (κ3) is 5.76. The number of hydrogen-bond donors (Lipinski definition) is 4. The fraction of sp³-hybridized carbons (Fsp3) is 0.444. The van der Waals surface area contributed by atoms with Crippen molar-refractivity contribution >= 4 is 18.2 Å². The number of carbonyl (C=O) groups is 3. The van der Waals surface area contributed by atoms with Crippen molar-refractivity contribution in [1.29, 1.82) is 0 Å². The molecule has 0 rings (SSSR count). The summed E-state index contributed by atoms with van der Waals surface area (Å²) in [6, 6.07) is 0. The summed E-state index contributed by atoms with van der Waals surface area (Å²) in [5.41, 5.74) is 0. The fourth-order valence-corrected chi connectivity index (χ4v) is 0.818. The Balaban J connectivity index is 4.45. The van der Waals surface area contributed by atoms with Crippen LogP contribution in [-0.2, 0) is 19.1 Å². The quantitative estimate of drug-likeness (QED) is 0.219. The van der Waals surface area contributed by atoms with E-state index >= 15 is 0 Å². The highest BCUT2D eigenvalue weighted by atomic mass is 16.6. The van der Waals surface area contributed by atoms with Crippen molar-refractivity contribution in [2.24, 2.45) is 0 Å². The Hall–Kier alpha value is -1.77. The van der Waals surface area contributed by atoms with E-state index in [-0.39, 0.29) is 6.29 Å². The minimum absolute atomic E-state index is 0.0516. The lowest BCUT2D eigenvalue weighted by atomic mass is 10.1. The second-order valence-corrected chi connectivity index (χ2v) is 2.95. The van der Waals surface area contributed by atoms with Crippen molar-refractivity contribution < 1.29 is 39.5 Å². The van der Waals surface area contributed by atoms with Crippen LogP contribution >= 0.6 is 0 Å². The van der Waals surface area contributed by atoms with Crippen molar-refractivity contribution in [2.75, 3.05) is 6.61 Å². The minimum Gasteiger partial charge on any atom is -0.478 e. The van der Waals surface area contributed by atoms with Crippen LogP contribution in [0.3, 0.4) is 0 Å². The zero-order chi connectivity index (χ0) is 13.4. The zero-order valence-corrected chi connectivity index (χ0v) is 8.59. The molecule has 0 saturated heterocycles. The van der Waals surface area contributed by atoms with Crippen LogP contribution in [-0.4, -0.2) is 63.6 Å². The number of esters is 1. The van der Waals surface area contributed by atoms with Crippen LogP contribution in [0.2, 0.25) is 0 Å². The van der Waals surface area contributed by atoms with E-state index in [1.807, 2.05) is 0 Å². The van der Waals surface area contributed by atoms with Gasteiger partial charge >= 0.3 is 11.9 Å². The molecule has 0 aliphatic carbocycles. The smallest absolute Gasteiger partial charge is 0.331 e. The highest BCUT2D eigenvalue weighted by Crippen LogP contribution is 2.03. The Bertz CT molecular complexity index is 310. The average Bonchev–Trinajstić information content (AvgIpc) is 2.31. The predicted octanol–water partition coefficient (Wildman–Crippen LogP) is -2.55. The standard InChI is InChI=1S/C9H12O8/c10-3-5(12)9(16)6(4-11)17-8(15)2-1-7(13)14/h1-2,4-6,9-10,12,16H,3H2,(H,13,14)/b2-1+/t5-,6-,9-/m1/s1. The monoisotopic (exact) mass is 248 g/mol. The maximum Gasteiger partial charge on any atom is 0.331 e. The van der Waals surface area contributed by atoms with Gasteiger partial charge in [0.05, 0.1) is 6.61 Å². The molecule has 0 amide bonds. The second kappa shape index (κ2) is 7.49. The normalized spacial score (nSPS) is 16.2. The minimum atomic E-state index is -1.79. The number of carboxylic acids is 1. The maximum absolute atomic E-state index is 10.9. The molecular formula is C9H12O8. The topological polar surface area (TPSA) is 141 Å². The Kier molecular flexibility index (Phi) is 6.71. The molecule has 0 fully saturated rings. The first-order chi connectivity index (χ1) is 7.92. The molecule has 0 spiro atoms. The van der Waals surface area contributed by atoms with Gasteiger partial charge in [-0.05, 0) is 0 Å². The van der Waals surface area contributed by atoms with Crippen molar-refractivity contribution in [3.63, 3.8) is 0 Å². The number of ether oxygens (including phenoxy) is 1. The zero-order valence-electron chi connectivity index (χ0n) is 8.59. The van der Waals surface area contributed by atoms with Gasteiger partial charge in [0, 0.05) is 12.2 Å². The summed E-state index contributed by atoms with van der Waals surface area (Å²) in [5, 5.41) is 34.9. The summed E-state index contributed by atoms with van der Waals surface area (Å²) in [5.74, 6) is -2.56. The van der Waals surface area contributed by atoms with Crippen molar-refractivity contribution in [3.8, 4) is 0 Å². The van der Waals surface area contributed by atoms with E-state index in [2.05, 4.69) is 4.74 Å². The number of hydrogen-bond acceptors (Lipinski definition) is 7. The molecule has 0 aliphatic heterocycles. The number of aliphatic hydroxyl groups excluding tert-OH is 3. The molecule has 0 aromatic rings. The van der Waals surface area contributed by atoms with E-state index < -0.39 is 36.9 Å². The average molecular weight is 248 g/mol. The molecule has 0 unspecified atom stereocenters. The van der Waals surface area contributed by atoms with Gasteiger partial charge in [0.1, 0.15) is 12.2 Å². The SMILES string of the molecule is O=C[C@@H](OC(=O)/C=C/C(=O)O)[C@H](O)[C@H](O)CO. The van der Waals surface area contributed by atoms with E-state index in [9.17, 15) is 19.5 Å². The third-order valence-corrected chi connectivity index (χ3v) is 1.67. The van der Waals surface area contributed by atoms with Crippen molar-refractivity contribution in [3.05, 3.63) is 12.2 Å². The molecule has 8 nitrogen and oxygen atoms in total. The van der Waals surface area contributed by atoms with Gasteiger partial charge in [-0.2, -0.15) is 0 Å². The molecule has 0 heterocycles. The van der Waals surface area contributed by atoms with Crippen molar-refractivity contribution in [1.82, 2.24) is 0 Å². The summed E-state index contributed by atoms with van der Waals surface area (Å²) >= 11 is 0. The predicted molar refractivity (Wildman–Crippen MR) is 51.8 cm³/mol. The molecule has 8 heteroatoms. The van der Waals surface area contributed by atoms with Crippen LogP contribution in [0.25, 0.3) is 0 Å². The highest BCUT2D eigenvalue weighted by Gasteiger charge is 2.28. The van der Waals surface area contributed by atoms with E-state index in [1.165, 1.54) is 0 Å². The van der Waals surface area contributed by atoms with E-state index in [1.54, 1.807) is 0 Å². The van der Waals surface area contributed by atoms with Gasteiger partial charge in [0.2, 0.25) is 0 Å². The summed E-state index contributed by atoms with van der Waals surface area (Å²) in [6.07, 6.45) is -4.06. The maximum atomic E-state index is 10.9. The van der Waals surface area contributed by atoms with E-state index in [4.69, 9.17) is 15.3 Å². The Morgan fingerprint density at radius 1 is 1.24 bits per heavy atom. The molecule has 96 valence electrons. The number of rotatable bonds is 7. The molecule has 3 atom stereocenters. The van der Waals surface area contributed by atoms with Crippen LogP contribution in [0.5, 0.6) is 0 Å². The van der Waals surface area contributed by atoms with Crippen LogP contribution < -0.4 is 0 Å². The second-order valence-electron chi connectivity index (χ2n) is 2.95. The van der Waals surface area contributed by atoms with Crippen LogP contribution in [0, 0.1) is 0 Å². The molecule has 4 N–H and O–H groups in total. The van der Waals surface area contributed by atoms with E-state index in [0.29, 0.717) is 12.2 Å². The number of aliphatic hydroxyl groups is 3. The first kappa shape index (κ1) is 15.2. The largest absolute Gasteiger partial charge is 0.478 e. The molecule has 0 bridgehead atoms.